The number of hydrogen-bond acceptors (Lipinski definition) is 12. The van der Waals surface area contributed by atoms with Gasteiger partial charge in [0.2, 0.25) is 17.8 Å². The molecule has 3 aromatic rings. The van der Waals surface area contributed by atoms with Gasteiger partial charge in [-0.3, -0.25) is 19.8 Å². The van der Waals surface area contributed by atoms with Crippen LogP contribution in [0.3, 0.4) is 0 Å². The van der Waals surface area contributed by atoms with E-state index >= 15 is 0 Å². The summed E-state index contributed by atoms with van der Waals surface area (Å²) in [6, 6.07) is 1.14. The molecular weight excluding hydrogens is 509 g/mol. The number of anilines is 4. The van der Waals surface area contributed by atoms with Gasteiger partial charge in [-0.15, -0.1) is 0 Å². The van der Waals surface area contributed by atoms with Gasteiger partial charge in [-0.2, -0.15) is 20.1 Å². The van der Waals surface area contributed by atoms with Crippen LogP contribution in [0.1, 0.15) is 30.9 Å². The van der Waals surface area contributed by atoms with Crippen LogP contribution in [0.4, 0.5) is 27.9 Å². The van der Waals surface area contributed by atoms with Crippen LogP contribution in [0.2, 0.25) is 0 Å². The standard InChI is InChI=1S/C24H30FN11O3/c25-16-11-18(21(37)28-20-13-26-3-4-27-20)36(14-16)23-30-22(29-19-12-17(33-34-19)15-1-2-15)31-24(32-23)39-10-7-35-5-8-38-9-6-35/h3-4,12-13,15-16,18H,1-2,5-11,14H2,(H,27,28,37)(H2,29,30,31,32,33,34)/t16-,18+/m1/s1. The molecule has 3 aromatic heterocycles. The maximum absolute atomic E-state index is 14.7. The van der Waals surface area contributed by atoms with E-state index in [2.05, 4.69) is 50.7 Å². The number of carbonyl (C=O) groups excluding carboxylic acids is 1. The van der Waals surface area contributed by atoms with E-state index in [1.165, 1.54) is 23.5 Å². The average molecular weight is 540 g/mol. The fraction of sp³-hybridized carbons (Fsp3) is 0.542. The molecule has 0 radical (unpaired) electrons. The Balaban J connectivity index is 1.22. The van der Waals surface area contributed by atoms with Gasteiger partial charge < -0.3 is 25.0 Å². The Morgan fingerprint density at radius 1 is 1.18 bits per heavy atom. The topological polar surface area (TPSA) is 159 Å². The summed E-state index contributed by atoms with van der Waals surface area (Å²) in [7, 11) is 0. The first-order valence-corrected chi connectivity index (χ1v) is 13.1. The van der Waals surface area contributed by atoms with Crippen molar-refractivity contribution in [2.24, 2.45) is 0 Å². The smallest absolute Gasteiger partial charge is 0.323 e. The minimum atomic E-state index is -1.24. The Morgan fingerprint density at radius 3 is 2.85 bits per heavy atom. The lowest BCUT2D eigenvalue weighted by molar-refractivity contribution is -0.117. The molecule has 3 fully saturated rings. The van der Waals surface area contributed by atoms with Crippen LogP contribution in [-0.2, 0) is 9.53 Å². The van der Waals surface area contributed by atoms with Crippen molar-refractivity contribution in [3.05, 3.63) is 30.4 Å². The second-order valence-corrected chi connectivity index (χ2v) is 9.73. The summed E-state index contributed by atoms with van der Waals surface area (Å²) in [5, 5.41) is 13.1. The van der Waals surface area contributed by atoms with Gasteiger partial charge in [0.25, 0.3) is 0 Å². The average Bonchev–Trinajstić information content (AvgIpc) is 3.57. The number of alkyl halides is 1. The number of H-pyrrole nitrogens is 1. The van der Waals surface area contributed by atoms with Gasteiger partial charge in [-0.1, -0.05) is 0 Å². The SMILES string of the molecule is O=C(Nc1cnccn1)[C@@H]1C[C@@H](F)CN1c1nc(Nc2cc(C3CC3)[nH]n2)nc(OCCN2CCOCC2)n1. The van der Waals surface area contributed by atoms with E-state index in [4.69, 9.17) is 9.47 Å². The monoisotopic (exact) mass is 539 g/mol. The van der Waals surface area contributed by atoms with Crippen LogP contribution in [0.25, 0.3) is 0 Å². The van der Waals surface area contributed by atoms with Gasteiger partial charge >= 0.3 is 6.01 Å². The zero-order valence-electron chi connectivity index (χ0n) is 21.3. The van der Waals surface area contributed by atoms with Crippen molar-refractivity contribution in [3.8, 4) is 6.01 Å². The molecule has 2 atom stereocenters. The van der Waals surface area contributed by atoms with Crippen LogP contribution >= 0.6 is 0 Å². The predicted molar refractivity (Wildman–Crippen MR) is 138 cm³/mol. The van der Waals surface area contributed by atoms with E-state index in [1.807, 2.05) is 6.07 Å². The highest BCUT2D eigenvalue weighted by atomic mass is 19.1. The zero-order chi connectivity index (χ0) is 26.6. The molecule has 15 heteroatoms. The van der Waals surface area contributed by atoms with Gasteiger partial charge in [0.1, 0.15) is 18.8 Å². The number of nitrogens with one attached hydrogen (secondary N) is 3. The van der Waals surface area contributed by atoms with Gasteiger partial charge in [0.05, 0.1) is 26.0 Å². The van der Waals surface area contributed by atoms with Gasteiger partial charge in [0.15, 0.2) is 11.6 Å². The number of carbonyl (C=O) groups is 1. The van der Waals surface area contributed by atoms with Crippen LogP contribution in [-0.4, -0.2) is 104 Å². The highest BCUT2D eigenvalue weighted by Crippen LogP contribution is 2.39. The Labute approximate surface area is 223 Å². The Morgan fingerprint density at radius 2 is 2.05 bits per heavy atom. The quantitative estimate of drug-likeness (QED) is 0.339. The lowest BCUT2D eigenvalue weighted by atomic mass is 10.2. The lowest BCUT2D eigenvalue weighted by Crippen LogP contribution is -2.41. The summed E-state index contributed by atoms with van der Waals surface area (Å²) >= 11 is 0. The third kappa shape index (κ3) is 6.37. The molecule has 0 spiro atoms. The molecule has 14 nitrogen and oxygen atoms in total. The summed E-state index contributed by atoms with van der Waals surface area (Å²) < 4.78 is 26.0. The zero-order valence-corrected chi connectivity index (χ0v) is 21.3. The second kappa shape index (κ2) is 11.4. The van der Waals surface area contributed by atoms with Crippen LogP contribution in [0, 0.1) is 0 Å². The van der Waals surface area contributed by atoms with Crippen molar-refractivity contribution >= 4 is 29.4 Å². The number of aromatic amines is 1. The van der Waals surface area contributed by atoms with Crippen molar-refractivity contribution in [3.63, 3.8) is 0 Å². The molecule has 0 bridgehead atoms. The summed E-state index contributed by atoms with van der Waals surface area (Å²) in [5.41, 5.74) is 1.05. The largest absolute Gasteiger partial charge is 0.462 e. The van der Waals surface area contributed by atoms with Gasteiger partial charge in [0, 0.05) is 56.1 Å². The van der Waals surface area contributed by atoms with E-state index in [0.29, 0.717) is 38.1 Å². The number of aromatic nitrogens is 7. The van der Waals surface area contributed by atoms with E-state index in [1.54, 1.807) is 0 Å². The fourth-order valence-corrected chi connectivity index (χ4v) is 4.63. The third-order valence-electron chi connectivity index (χ3n) is 6.82. The van der Waals surface area contributed by atoms with Crippen LogP contribution in [0.5, 0.6) is 6.01 Å². The molecule has 1 saturated carbocycles. The van der Waals surface area contributed by atoms with Crippen molar-refractivity contribution in [2.75, 3.05) is 61.5 Å². The van der Waals surface area contributed by atoms with Crippen LogP contribution < -0.4 is 20.3 Å². The molecule has 0 unspecified atom stereocenters. The summed E-state index contributed by atoms with van der Waals surface area (Å²) in [5.74, 6) is 1.22. The molecule has 6 rings (SSSR count). The minimum absolute atomic E-state index is 0.0160. The van der Waals surface area contributed by atoms with Gasteiger partial charge in [-0.25, -0.2) is 9.37 Å². The van der Waals surface area contributed by atoms with E-state index in [-0.39, 0.29) is 36.7 Å². The normalized spacial score (nSPS) is 21.6. The molecule has 0 aromatic carbocycles. The van der Waals surface area contributed by atoms with E-state index in [9.17, 15) is 9.18 Å². The first-order chi connectivity index (χ1) is 19.1. The Bertz CT molecular complexity index is 1270. The Hall–Kier alpha value is -3.98. The van der Waals surface area contributed by atoms with Crippen LogP contribution in [0.15, 0.2) is 24.7 Å². The fourth-order valence-electron chi connectivity index (χ4n) is 4.63. The number of halogens is 1. The molecule has 3 aliphatic rings. The highest BCUT2D eigenvalue weighted by Gasteiger charge is 2.39. The number of nitrogens with zero attached hydrogens (tertiary/aromatic N) is 8. The molecule has 2 saturated heterocycles. The van der Waals surface area contributed by atoms with Gasteiger partial charge in [-0.05, 0) is 12.8 Å². The maximum Gasteiger partial charge on any atom is 0.323 e. The van der Waals surface area contributed by atoms with E-state index in [0.717, 1.165) is 31.6 Å². The molecule has 1 amide bonds. The first kappa shape index (κ1) is 25.3. The van der Waals surface area contributed by atoms with Crippen molar-refractivity contribution in [2.45, 2.75) is 37.4 Å². The summed E-state index contributed by atoms with van der Waals surface area (Å²) in [6.07, 6.45) is 5.41. The van der Waals surface area contributed by atoms with Crippen molar-refractivity contribution < 1.29 is 18.7 Å². The second-order valence-electron chi connectivity index (χ2n) is 9.73. The molecule has 5 heterocycles. The summed E-state index contributed by atoms with van der Waals surface area (Å²) in [6.45, 7) is 4.01. The van der Waals surface area contributed by atoms with Crippen molar-refractivity contribution in [1.82, 2.24) is 40.0 Å². The first-order valence-electron chi connectivity index (χ1n) is 13.1. The molecule has 2 aliphatic heterocycles. The molecule has 206 valence electrons. The molecule has 1 aliphatic carbocycles. The van der Waals surface area contributed by atoms with Crippen molar-refractivity contribution in [1.29, 1.82) is 0 Å². The third-order valence-corrected chi connectivity index (χ3v) is 6.82. The number of morpholine rings is 1. The number of ether oxygens (including phenoxy) is 2. The van der Waals surface area contributed by atoms with E-state index < -0.39 is 18.1 Å². The minimum Gasteiger partial charge on any atom is -0.462 e. The predicted octanol–water partition coefficient (Wildman–Crippen LogP) is 1.27. The Kier molecular flexibility index (Phi) is 7.40. The number of amides is 1. The molecule has 3 N–H and O–H groups in total. The lowest BCUT2D eigenvalue weighted by Gasteiger charge is -2.26. The number of rotatable bonds is 10. The number of hydrogen-bond donors (Lipinski definition) is 3. The highest BCUT2D eigenvalue weighted by molar-refractivity contribution is 5.96. The maximum atomic E-state index is 14.7. The summed E-state index contributed by atoms with van der Waals surface area (Å²) in [4.78, 5) is 38.3. The molecule has 39 heavy (non-hydrogen) atoms. The molecular formula is C24H30FN11O3.